The third-order valence-electron chi connectivity index (χ3n) is 1.67. The summed E-state index contributed by atoms with van der Waals surface area (Å²) in [5, 5.41) is 21.4. The maximum atomic E-state index is 9.12. The van der Waals surface area contributed by atoms with Crippen molar-refractivity contribution in [1.29, 1.82) is 0 Å². The summed E-state index contributed by atoms with van der Waals surface area (Å²) in [7, 11) is 0. The van der Waals surface area contributed by atoms with E-state index >= 15 is 0 Å². The molecule has 0 spiro atoms. The summed E-state index contributed by atoms with van der Waals surface area (Å²) in [4.78, 5) is 0. The van der Waals surface area contributed by atoms with Gasteiger partial charge in [-0.2, -0.15) is 0 Å². The molecule has 0 fully saturated rings. The quantitative estimate of drug-likeness (QED) is 0.738. The van der Waals surface area contributed by atoms with Crippen LogP contribution in [0.3, 0.4) is 0 Å². The van der Waals surface area contributed by atoms with E-state index in [2.05, 4.69) is 27.9 Å². The van der Waals surface area contributed by atoms with E-state index in [4.69, 9.17) is 21.8 Å². The molecule has 0 aliphatic heterocycles. The van der Waals surface area contributed by atoms with Gasteiger partial charge in [0, 0.05) is 20.8 Å². The summed E-state index contributed by atoms with van der Waals surface area (Å²) in [6.45, 7) is 0.0886. The molecule has 14 heavy (non-hydrogen) atoms. The van der Waals surface area contributed by atoms with Crippen LogP contribution in [0.1, 0.15) is 0 Å². The van der Waals surface area contributed by atoms with Crippen LogP contribution in [0.25, 0.3) is 0 Å². The number of benzene rings is 1. The number of hydrogen-bond donors (Lipinski definition) is 3. The van der Waals surface area contributed by atoms with E-state index < -0.39 is 6.10 Å². The second-order valence-corrected chi connectivity index (χ2v) is 4.44. The maximum Gasteiger partial charge on any atom is 0.0942 e. The molecule has 0 amide bonds. The van der Waals surface area contributed by atoms with Crippen LogP contribution in [0.15, 0.2) is 18.2 Å². The summed E-state index contributed by atoms with van der Waals surface area (Å²) in [5.74, 6) is 0. The fourth-order valence-electron chi connectivity index (χ4n) is 0.925. The van der Waals surface area contributed by atoms with Gasteiger partial charge in [0.05, 0.1) is 12.7 Å². The molecule has 1 atom stereocenters. The van der Waals surface area contributed by atoms with Gasteiger partial charge in [0.1, 0.15) is 0 Å². The van der Waals surface area contributed by atoms with E-state index in [1.54, 1.807) is 6.07 Å². The number of aliphatic hydroxyl groups excluding tert-OH is 2. The minimum Gasteiger partial charge on any atom is -0.394 e. The molecule has 0 aliphatic rings. The lowest BCUT2D eigenvalue weighted by Gasteiger charge is -2.11. The van der Waals surface area contributed by atoms with Gasteiger partial charge in [-0.25, -0.2) is 0 Å². The molecule has 5 heteroatoms. The maximum absolute atomic E-state index is 9.12. The summed E-state index contributed by atoms with van der Waals surface area (Å²) >= 11 is 7.94. The third kappa shape index (κ3) is 3.61. The van der Waals surface area contributed by atoms with Crippen molar-refractivity contribution in [3.8, 4) is 0 Å². The molecular weight excluding hydrogens is 316 g/mol. The van der Waals surface area contributed by atoms with Crippen LogP contribution in [-0.4, -0.2) is 29.5 Å². The molecule has 0 saturated carbocycles. The molecule has 0 radical (unpaired) electrons. The normalized spacial score (nSPS) is 12.6. The van der Waals surface area contributed by atoms with Crippen molar-refractivity contribution >= 4 is 39.9 Å². The Hall–Kier alpha value is -0.0400. The summed E-state index contributed by atoms with van der Waals surface area (Å²) < 4.78 is 0.986. The van der Waals surface area contributed by atoms with Crippen LogP contribution in [0, 0.1) is 3.57 Å². The van der Waals surface area contributed by atoms with Crippen molar-refractivity contribution in [3.05, 3.63) is 26.8 Å². The first-order chi connectivity index (χ1) is 6.63. The summed E-state index contributed by atoms with van der Waals surface area (Å²) in [5.41, 5.74) is 0.905. The number of aliphatic hydroxyl groups is 2. The van der Waals surface area contributed by atoms with Crippen molar-refractivity contribution in [2.24, 2.45) is 0 Å². The lowest BCUT2D eigenvalue weighted by Crippen LogP contribution is -2.23. The topological polar surface area (TPSA) is 52.5 Å². The monoisotopic (exact) mass is 327 g/mol. The van der Waals surface area contributed by atoms with E-state index in [-0.39, 0.29) is 6.61 Å². The highest BCUT2D eigenvalue weighted by molar-refractivity contribution is 14.1. The van der Waals surface area contributed by atoms with Crippen molar-refractivity contribution in [1.82, 2.24) is 0 Å². The van der Waals surface area contributed by atoms with E-state index in [0.29, 0.717) is 11.6 Å². The van der Waals surface area contributed by atoms with Gasteiger partial charge in [0.15, 0.2) is 0 Å². The highest BCUT2D eigenvalue weighted by atomic mass is 127. The fourth-order valence-corrected chi connectivity index (χ4v) is 1.99. The van der Waals surface area contributed by atoms with Crippen LogP contribution in [0.5, 0.6) is 0 Å². The molecule has 0 aromatic heterocycles. The fraction of sp³-hybridized carbons (Fsp3) is 0.333. The molecule has 0 unspecified atom stereocenters. The Kier molecular flexibility index (Phi) is 4.94. The summed E-state index contributed by atoms with van der Waals surface area (Å²) in [6, 6.07) is 5.45. The lowest BCUT2D eigenvalue weighted by atomic mass is 10.3. The Balaban J connectivity index is 2.59. The Bertz CT molecular complexity index is 309. The van der Waals surface area contributed by atoms with E-state index in [1.807, 2.05) is 12.1 Å². The first-order valence-electron chi connectivity index (χ1n) is 4.11. The number of hydrogen-bond acceptors (Lipinski definition) is 3. The average Bonchev–Trinajstić information content (AvgIpc) is 2.16. The molecule has 3 nitrogen and oxygen atoms in total. The van der Waals surface area contributed by atoms with Gasteiger partial charge in [-0.05, 0) is 40.8 Å². The molecule has 78 valence electrons. The van der Waals surface area contributed by atoms with Crippen molar-refractivity contribution < 1.29 is 10.2 Å². The number of nitrogens with one attached hydrogen (secondary N) is 1. The zero-order chi connectivity index (χ0) is 10.6. The van der Waals surface area contributed by atoms with Gasteiger partial charge < -0.3 is 15.5 Å². The van der Waals surface area contributed by atoms with Crippen LogP contribution < -0.4 is 5.32 Å². The predicted octanol–water partition coefficient (Wildman–Crippen LogP) is 1.71. The van der Waals surface area contributed by atoms with Crippen molar-refractivity contribution in [2.45, 2.75) is 6.10 Å². The van der Waals surface area contributed by atoms with E-state index in [9.17, 15) is 0 Å². The molecule has 0 heterocycles. The summed E-state index contributed by atoms with van der Waals surface area (Å²) in [6.07, 6.45) is -0.735. The van der Waals surface area contributed by atoms with Crippen molar-refractivity contribution in [2.75, 3.05) is 18.5 Å². The molecule has 1 rings (SSSR count). The second-order valence-electron chi connectivity index (χ2n) is 2.84. The van der Waals surface area contributed by atoms with Crippen LogP contribution in [0.2, 0.25) is 5.02 Å². The molecule has 0 saturated heterocycles. The molecular formula is C9H11ClINO2. The van der Waals surface area contributed by atoms with Gasteiger partial charge in [0.25, 0.3) is 0 Å². The van der Waals surface area contributed by atoms with E-state index in [1.165, 1.54) is 0 Å². The van der Waals surface area contributed by atoms with Gasteiger partial charge in [-0.1, -0.05) is 11.6 Å². The highest BCUT2D eigenvalue weighted by Crippen LogP contribution is 2.21. The lowest BCUT2D eigenvalue weighted by molar-refractivity contribution is 0.105. The zero-order valence-corrected chi connectivity index (χ0v) is 10.3. The molecule has 0 bridgehead atoms. The predicted molar refractivity (Wildman–Crippen MR) is 65.8 cm³/mol. The average molecular weight is 328 g/mol. The third-order valence-corrected chi connectivity index (χ3v) is 2.80. The second kappa shape index (κ2) is 5.75. The smallest absolute Gasteiger partial charge is 0.0942 e. The Labute approximate surface area is 101 Å². The minimum absolute atomic E-state index is 0.239. The largest absolute Gasteiger partial charge is 0.394 e. The number of halogens is 2. The Morgan fingerprint density at radius 3 is 2.79 bits per heavy atom. The van der Waals surface area contributed by atoms with Crippen molar-refractivity contribution in [3.63, 3.8) is 0 Å². The number of anilines is 1. The zero-order valence-electron chi connectivity index (χ0n) is 7.37. The molecule has 1 aromatic carbocycles. The van der Waals surface area contributed by atoms with Gasteiger partial charge in [-0.15, -0.1) is 0 Å². The van der Waals surface area contributed by atoms with E-state index in [0.717, 1.165) is 9.26 Å². The van der Waals surface area contributed by atoms with Gasteiger partial charge in [-0.3, -0.25) is 0 Å². The standard InChI is InChI=1S/C9H11ClINO2/c10-6-1-2-9(8(11)3-6)12-4-7(14)5-13/h1-3,7,12-14H,4-5H2/t7-/m0/s1. The minimum atomic E-state index is -0.735. The Morgan fingerprint density at radius 2 is 2.21 bits per heavy atom. The van der Waals surface area contributed by atoms with Gasteiger partial charge in [0.2, 0.25) is 0 Å². The number of rotatable bonds is 4. The molecule has 3 N–H and O–H groups in total. The van der Waals surface area contributed by atoms with Gasteiger partial charge >= 0.3 is 0 Å². The van der Waals surface area contributed by atoms with Crippen LogP contribution >= 0.6 is 34.2 Å². The van der Waals surface area contributed by atoms with Crippen LogP contribution in [0.4, 0.5) is 5.69 Å². The SMILES string of the molecule is OC[C@@H](O)CNc1ccc(Cl)cc1I. The molecule has 1 aromatic rings. The highest BCUT2D eigenvalue weighted by Gasteiger charge is 2.03. The Morgan fingerprint density at radius 1 is 1.50 bits per heavy atom. The van der Waals surface area contributed by atoms with Crippen LogP contribution in [-0.2, 0) is 0 Å². The first-order valence-corrected chi connectivity index (χ1v) is 5.57. The molecule has 0 aliphatic carbocycles. The first kappa shape index (κ1) is 12.0.